The van der Waals surface area contributed by atoms with Crippen LogP contribution in [-0.2, 0) is 14.4 Å². The average molecular weight is 329 g/mol. The molecule has 6 nitrogen and oxygen atoms in total. The first-order chi connectivity index (χ1) is 11.6. The number of hydrazine groups is 1. The maximum atomic E-state index is 11.9. The topological polar surface area (TPSA) is 87.3 Å². The molecule has 24 heavy (non-hydrogen) atoms. The molecule has 6 heteroatoms. The van der Waals surface area contributed by atoms with Crippen LogP contribution in [0.4, 0.5) is 0 Å². The third kappa shape index (κ3) is 6.24. The molecule has 3 N–H and O–H groups in total. The lowest BCUT2D eigenvalue weighted by molar-refractivity contribution is -0.130. The van der Waals surface area contributed by atoms with Gasteiger partial charge in [0.05, 0.1) is 6.54 Å². The number of nitrogens with one attached hydrogen (secondary N) is 3. The Morgan fingerprint density at radius 2 is 1.71 bits per heavy atom. The van der Waals surface area contributed by atoms with Crippen molar-refractivity contribution in [1.82, 2.24) is 16.2 Å². The van der Waals surface area contributed by atoms with E-state index in [0.29, 0.717) is 0 Å². The summed E-state index contributed by atoms with van der Waals surface area (Å²) in [6, 6.07) is 9.36. The molecule has 1 fully saturated rings. The Morgan fingerprint density at radius 1 is 1.00 bits per heavy atom. The van der Waals surface area contributed by atoms with Crippen molar-refractivity contribution < 1.29 is 14.4 Å². The smallest absolute Gasteiger partial charge is 0.262 e. The molecule has 0 radical (unpaired) electrons. The van der Waals surface area contributed by atoms with Crippen LogP contribution in [0, 0.1) is 5.92 Å². The van der Waals surface area contributed by atoms with Crippen LogP contribution in [-0.4, -0.2) is 24.3 Å². The molecule has 0 atom stereocenters. The quantitative estimate of drug-likeness (QED) is 0.566. The van der Waals surface area contributed by atoms with Crippen LogP contribution in [0.5, 0.6) is 0 Å². The van der Waals surface area contributed by atoms with Crippen LogP contribution >= 0.6 is 0 Å². The zero-order valence-corrected chi connectivity index (χ0v) is 13.6. The second-order valence-electron chi connectivity index (χ2n) is 5.83. The number of rotatable bonds is 5. The SMILES string of the molecule is O=C(C=Cc1ccccc1)NNC(=O)CNC(=O)C1CCCCC1. The predicted molar refractivity (Wildman–Crippen MR) is 91.3 cm³/mol. The van der Waals surface area contributed by atoms with Gasteiger partial charge >= 0.3 is 0 Å². The van der Waals surface area contributed by atoms with E-state index < -0.39 is 11.8 Å². The fraction of sp³-hybridized carbons (Fsp3) is 0.389. The van der Waals surface area contributed by atoms with Crippen LogP contribution in [0.25, 0.3) is 6.08 Å². The van der Waals surface area contributed by atoms with Gasteiger partial charge in [0.1, 0.15) is 0 Å². The molecule has 128 valence electrons. The number of carbonyl (C=O) groups is 3. The molecule has 1 aromatic rings. The van der Waals surface area contributed by atoms with E-state index in [0.717, 1.165) is 31.2 Å². The van der Waals surface area contributed by atoms with Crippen LogP contribution < -0.4 is 16.2 Å². The summed E-state index contributed by atoms with van der Waals surface area (Å²) in [7, 11) is 0. The third-order valence-electron chi connectivity index (χ3n) is 3.95. The van der Waals surface area contributed by atoms with Gasteiger partial charge in [-0.25, -0.2) is 0 Å². The largest absolute Gasteiger partial charge is 0.347 e. The standard InChI is InChI=1S/C18H23N3O3/c22-16(12-11-14-7-3-1-4-8-14)20-21-17(23)13-19-18(24)15-9-5-2-6-10-15/h1,3-4,7-8,11-12,15H,2,5-6,9-10,13H2,(H,19,24)(H,20,22)(H,21,23). The van der Waals surface area contributed by atoms with Crippen LogP contribution in [0.15, 0.2) is 36.4 Å². The Morgan fingerprint density at radius 3 is 2.42 bits per heavy atom. The molecule has 0 aromatic heterocycles. The molecule has 2 rings (SSSR count). The molecule has 1 aliphatic carbocycles. The minimum Gasteiger partial charge on any atom is -0.347 e. The molecular formula is C18H23N3O3. The summed E-state index contributed by atoms with van der Waals surface area (Å²) in [4.78, 5) is 35.2. The average Bonchev–Trinajstić information content (AvgIpc) is 2.64. The van der Waals surface area contributed by atoms with Crippen LogP contribution in [0.2, 0.25) is 0 Å². The molecule has 0 heterocycles. The van der Waals surface area contributed by atoms with E-state index in [1.807, 2.05) is 30.3 Å². The van der Waals surface area contributed by atoms with Gasteiger partial charge in [-0.05, 0) is 24.5 Å². The number of amides is 3. The van der Waals surface area contributed by atoms with E-state index >= 15 is 0 Å². The fourth-order valence-electron chi connectivity index (χ4n) is 2.63. The summed E-state index contributed by atoms with van der Waals surface area (Å²) in [5, 5.41) is 2.61. The van der Waals surface area contributed by atoms with Gasteiger partial charge in [-0.1, -0.05) is 49.6 Å². The van der Waals surface area contributed by atoms with Crippen molar-refractivity contribution in [3.63, 3.8) is 0 Å². The van der Waals surface area contributed by atoms with Gasteiger partial charge in [0.15, 0.2) is 0 Å². The number of benzene rings is 1. The summed E-state index contributed by atoms with van der Waals surface area (Å²) in [5.74, 6) is -0.971. The maximum Gasteiger partial charge on any atom is 0.262 e. The Hall–Kier alpha value is -2.63. The zero-order valence-electron chi connectivity index (χ0n) is 13.6. The van der Waals surface area contributed by atoms with Crippen molar-refractivity contribution in [2.45, 2.75) is 32.1 Å². The molecule has 1 saturated carbocycles. The predicted octanol–water partition coefficient (Wildman–Crippen LogP) is 1.54. The Labute approximate surface area is 141 Å². The molecule has 0 aliphatic heterocycles. The first kappa shape index (κ1) is 17.7. The molecule has 1 aromatic carbocycles. The number of hydrogen-bond donors (Lipinski definition) is 3. The summed E-state index contributed by atoms with van der Waals surface area (Å²) < 4.78 is 0. The van der Waals surface area contributed by atoms with Crippen LogP contribution in [0.1, 0.15) is 37.7 Å². The first-order valence-electron chi connectivity index (χ1n) is 8.25. The Balaban J connectivity index is 1.64. The molecule has 0 spiro atoms. The monoisotopic (exact) mass is 329 g/mol. The number of hydrogen-bond acceptors (Lipinski definition) is 3. The second kappa shape index (κ2) is 9.50. The second-order valence-corrected chi connectivity index (χ2v) is 5.83. The third-order valence-corrected chi connectivity index (χ3v) is 3.95. The Kier molecular flexibility index (Phi) is 7.01. The maximum absolute atomic E-state index is 11.9. The van der Waals surface area contributed by atoms with Gasteiger partial charge in [-0.3, -0.25) is 25.2 Å². The molecule has 0 saturated heterocycles. The van der Waals surface area contributed by atoms with E-state index in [1.165, 1.54) is 12.5 Å². The van der Waals surface area contributed by atoms with E-state index in [9.17, 15) is 14.4 Å². The lowest BCUT2D eigenvalue weighted by atomic mass is 9.89. The lowest BCUT2D eigenvalue weighted by Gasteiger charge is -2.20. The van der Waals surface area contributed by atoms with Gasteiger partial charge in [0, 0.05) is 12.0 Å². The minimum atomic E-state index is -0.458. The molecule has 0 unspecified atom stereocenters. The summed E-state index contributed by atoms with van der Waals surface area (Å²) in [6.07, 6.45) is 8.04. The van der Waals surface area contributed by atoms with E-state index in [-0.39, 0.29) is 18.4 Å². The fourth-order valence-corrected chi connectivity index (χ4v) is 2.63. The van der Waals surface area contributed by atoms with Gasteiger partial charge < -0.3 is 5.32 Å². The van der Waals surface area contributed by atoms with E-state index in [2.05, 4.69) is 16.2 Å². The highest BCUT2D eigenvalue weighted by Crippen LogP contribution is 2.23. The van der Waals surface area contributed by atoms with Gasteiger partial charge in [0.25, 0.3) is 11.8 Å². The van der Waals surface area contributed by atoms with Crippen molar-refractivity contribution in [1.29, 1.82) is 0 Å². The zero-order chi connectivity index (χ0) is 17.2. The molecule has 3 amide bonds. The van der Waals surface area contributed by atoms with E-state index in [4.69, 9.17) is 0 Å². The van der Waals surface area contributed by atoms with Crippen molar-refractivity contribution >= 4 is 23.8 Å². The molecule has 1 aliphatic rings. The van der Waals surface area contributed by atoms with Gasteiger partial charge in [-0.15, -0.1) is 0 Å². The van der Waals surface area contributed by atoms with Gasteiger partial charge in [-0.2, -0.15) is 0 Å². The highest BCUT2D eigenvalue weighted by molar-refractivity contribution is 5.93. The van der Waals surface area contributed by atoms with Crippen molar-refractivity contribution in [3.8, 4) is 0 Å². The van der Waals surface area contributed by atoms with Crippen molar-refractivity contribution in [2.75, 3.05) is 6.54 Å². The normalized spacial score (nSPS) is 15.0. The van der Waals surface area contributed by atoms with Crippen molar-refractivity contribution in [3.05, 3.63) is 42.0 Å². The summed E-state index contributed by atoms with van der Waals surface area (Å²) in [5.41, 5.74) is 5.44. The highest BCUT2D eigenvalue weighted by Gasteiger charge is 2.21. The van der Waals surface area contributed by atoms with E-state index in [1.54, 1.807) is 6.08 Å². The van der Waals surface area contributed by atoms with Crippen LogP contribution in [0.3, 0.4) is 0 Å². The Bertz CT molecular complexity index is 593. The summed E-state index contributed by atoms with van der Waals surface area (Å²) >= 11 is 0. The number of carbonyl (C=O) groups excluding carboxylic acids is 3. The minimum absolute atomic E-state index is 0.00921. The first-order valence-corrected chi connectivity index (χ1v) is 8.25. The highest BCUT2D eigenvalue weighted by atomic mass is 16.2. The summed E-state index contributed by atoms with van der Waals surface area (Å²) in [6.45, 7) is -0.141. The molecule has 0 bridgehead atoms. The lowest BCUT2D eigenvalue weighted by Crippen LogP contribution is -2.46. The van der Waals surface area contributed by atoms with Gasteiger partial charge in [0.2, 0.25) is 5.91 Å². The molecular weight excluding hydrogens is 306 g/mol. The van der Waals surface area contributed by atoms with Crippen molar-refractivity contribution in [2.24, 2.45) is 5.92 Å².